The molecule has 2 amide bonds. The summed E-state index contributed by atoms with van der Waals surface area (Å²) in [7, 11) is 1.99. The van der Waals surface area contributed by atoms with Crippen LogP contribution in [0.3, 0.4) is 0 Å². The summed E-state index contributed by atoms with van der Waals surface area (Å²) in [5.74, 6) is 0.900. The molecule has 2 heterocycles. The van der Waals surface area contributed by atoms with Gasteiger partial charge in [0, 0.05) is 13.0 Å². The zero-order chi connectivity index (χ0) is 18.4. The van der Waals surface area contributed by atoms with E-state index in [4.69, 9.17) is 0 Å². The minimum Gasteiger partial charge on any atom is -0.323 e. The first-order valence-corrected chi connectivity index (χ1v) is 9.73. The molecule has 0 unspecified atom stereocenters. The van der Waals surface area contributed by atoms with Crippen LogP contribution in [-0.4, -0.2) is 56.5 Å². The highest BCUT2D eigenvalue weighted by molar-refractivity contribution is 6.02. The monoisotopic (exact) mass is 358 g/mol. The zero-order valence-electron chi connectivity index (χ0n) is 15.7. The SMILES string of the molecule is CNCCC1CCN(CC(=O)Nc2ccccc2N2CCCC2=O)CC1. The molecule has 0 spiro atoms. The molecule has 1 aromatic rings. The van der Waals surface area contributed by atoms with Crippen molar-refractivity contribution in [2.24, 2.45) is 5.92 Å². The second kappa shape index (κ2) is 9.14. The number of carbonyl (C=O) groups is 2. The van der Waals surface area contributed by atoms with Crippen LogP contribution in [-0.2, 0) is 9.59 Å². The first-order chi connectivity index (χ1) is 12.7. The fourth-order valence-corrected chi connectivity index (χ4v) is 3.89. The largest absolute Gasteiger partial charge is 0.323 e. The number of likely N-dealkylation sites (tertiary alicyclic amines) is 1. The first-order valence-electron chi connectivity index (χ1n) is 9.73. The van der Waals surface area contributed by atoms with Crippen molar-refractivity contribution in [2.45, 2.75) is 32.1 Å². The summed E-state index contributed by atoms with van der Waals surface area (Å²) in [6, 6.07) is 7.59. The van der Waals surface area contributed by atoms with Crippen molar-refractivity contribution in [3.8, 4) is 0 Å². The maximum absolute atomic E-state index is 12.5. The predicted molar refractivity (Wildman–Crippen MR) is 104 cm³/mol. The van der Waals surface area contributed by atoms with Gasteiger partial charge in [-0.2, -0.15) is 0 Å². The van der Waals surface area contributed by atoms with Crippen LogP contribution in [0.5, 0.6) is 0 Å². The van der Waals surface area contributed by atoms with Crippen LogP contribution in [0.15, 0.2) is 24.3 Å². The van der Waals surface area contributed by atoms with E-state index in [1.54, 1.807) is 4.90 Å². The Balaban J connectivity index is 1.52. The van der Waals surface area contributed by atoms with Gasteiger partial charge in [-0.05, 0) is 70.4 Å². The molecule has 26 heavy (non-hydrogen) atoms. The molecule has 3 rings (SSSR count). The Kier molecular flexibility index (Phi) is 6.63. The lowest BCUT2D eigenvalue weighted by Crippen LogP contribution is -2.39. The van der Waals surface area contributed by atoms with Crippen molar-refractivity contribution in [2.75, 3.05) is 50.0 Å². The molecule has 0 radical (unpaired) electrons. The number of piperidine rings is 1. The van der Waals surface area contributed by atoms with Crippen LogP contribution < -0.4 is 15.5 Å². The van der Waals surface area contributed by atoms with E-state index in [0.29, 0.717) is 13.0 Å². The van der Waals surface area contributed by atoms with Gasteiger partial charge in [0.05, 0.1) is 17.9 Å². The Morgan fingerprint density at radius 2 is 1.96 bits per heavy atom. The number of anilines is 2. The normalized spacial score (nSPS) is 19.1. The standard InChI is InChI=1S/C20H30N4O2/c1-21-11-8-16-9-13-23(14-10-16)15-19(25)22-17-5-2-3-6-18(17)24-12-4-7-20(24)26/h2-3,5-6,16,21H,4,7-15H2,1H3,(H,22,25). The Hall–Kier alpha value is -1.92. The molecule has 0 atom stereocenters. The molecule has 0 aromatic heterocycles. The number of rotatable bonds is 7. The van der Waals surface area contributed by atoms with Gasteiger partial charge in [0.15, 0.2) is 0 Å². The van der Waals surface area contributed by atoms with E-state index in [9.17, 15) is 9.59 Å². The van der Waals surface area contributed by atoms with Crippen LogP contribution in [0, 0.1) is 5.92 Å². The Morgan fingerprint density at radius 3 is 2.65 bits per heavy atom. The van der Waals surface area contributed by atoms with Gasteiger partial charge in [0.1, 0.15) is 0 Å². The third kappa shape index (κ3) is 4.83. The van der Waals surface area contributed by atoms with Gasteiger partial charge in [-0.25, -0.2) is 0 Å². The van der Waals surface area contributed by atoms with Gasteiger partial charge < -0.3 is 15.5 Å². The number of nitrogens with zero attached hydrogens (tertiary/aromatic N) is 2. The van der Waals surface area contributed by atoms with Crippen molar-refractivity contribution in [1.29, 1.82) is 0 Å². The van der Waals surface area contributed by atoms with E-state index >= 15 is 0 Å². The van der Waals surface area contributed by atoms with Crippen molar-refractivity contribution in [3.63, 3.8) is 0 Å². The van der Waals surface area contributed by atoms with Gasteiger partial charge in [-0.15, -0.1) is 0 Å². The highest BCUT2D eigenvalue weighted by Gasteiger charge is 2.25. The van der Waals surface area contributed by atoms with Crippen molar-refractivity contribution in [3.05, 3.63) is 24.3 Å². The average Bonchev–Trinajstić information content (AvgIpc) is 3.07. The number of para-hydroxylation sites is 2. The lowest BCUT2D eigenvalue weighted by Gasteiger charge is -2.31. The molecule has 0 aliphatic carbocycles. The molecule has 2 fully saturated rings. The van der Waals surface area contributed by atoms with Crippen molar-refractivity contribution in [1.82, 2.24) is 10.2 Å². The smallest absolute Gasteiger partial charge is 0.238 e. The number of benzene rings is 1. The molecule has 6 nitrogen and oxygen atoms in total. The summed E-state index contributed by atoms with van der Waals surface area (Å²) in [5.41, 5.74) is 1.55. The van der Waals surface area contributed by atoms with E-state index in [1.807, 2.05) is 31.3 Å². The molecule has 0 saturated carbocycles. The summed E-state index contributed by atoms with van der Waals surface area (Å²) < 4.78 is 0. The number of carbonyl (C=O) groups excluding carboxylic acids is 2. The quantitative estimate of drug-likeness (QED) is 0.783. The lowest BCUT2D eigenvalue weighted by atomic mass is 9.93. The summed E-state index contributed by atoms with van der Waals surface area (Å²) in [4.78, 5) is 28.6. The number of hydrogen-bond donors (Lipinski definition) is 2. The highest BCUT2D eigenvalue weighted by Crippen LogP contribution is 2.29. The molecule has 6 heteroatoms. The molecule has 1 aromatic carbocycles. The second-order valence-corrected chi connectivity index (χ2v) is 7.33. The minimum absolute atomic E-state index is 0.00206. The number of hydrogen-bond acceptors (Lipinski definition) is 4. The van der Waals surface area contributed by atoms with Gasteiger partial charge in [0.25, 0.3) is 0 Å². The third-order valence-corrected chi connectivity index (χ3v) is 5.42. The molecule has 2 saturated heterocycles. The first kappa shape index (κ1) is 18.9. The summed E-state index contributed by atoms with van der Waals surface area (Å²) in [6.45, 7) is 4.17. The molecular weight excluding hydrogens is 328 g/mol. The maximum Gasteiger partial charge on any atom is 0.238 e. The minimum atomic E-state index is -0.00206. The van der Waals surface area contributed by atoms with E-state index in [1.165, 1.54) is 6.42 Å². The molecule has 2 aliphatic heterocycles. The van der Waals surface area contributed by atoms with Gasteiger partial charge >= 0.3 is 0 Å². The van der Waals surface area contributed by atoms with Crippen LogP contribution in [0.25, 0.3) is 0 Å². The second-order valence-electron chi connectivity index (χ2n) is 7.33. The van der Waals surface area contributed by atoms with Crippen LogP contribution >= 0.6 is 0 Å². The van der Waals surface area contributed by atoms with E-state index in [-0.39, 0.29) is 11.8 Å². The van der Waals surface area contributed by atoms with Crippen LogP contribution in [0.4, 0.5) is 11.4 Å². The van der Waals surface area contributed by atoms with Crippen molar-refractivity contribution < 1.29 is 9.59 Å². The fraction of sp³-hybridized carbons (Fsp3) is 0.600. The average molecular weight is 358 g/mol. The highest BCUT2D eigenvalue weighted by atomic mass is 16.2. The molecule has 2 aliphatic rings. The van der Waals surface area contributed by atoms with E-state index < -0.39 is 0 Å². The zero-order valence-corrected chi connectivity index (χ0v) is 15.7. The van der Waals surface area contributed by atoms with Gasteiger partial charge in [0.2, 0.25) is 11.8 Å². The third-order valence-electron chi connectivity index (χ3n) is 5.42. The number of nitrogens with one attached hydrogen (secondary N) is 2. The fourth-order valence-electron chi connectivity index (χ4n) is 3.89. The molecule has 142 valence electrons. The molecular formula is C20H30N4O2. The van der Waals surface area contributed by atoms with E-state index in [0.717, 1.165) is 62.7 Å². The Labute approximate surface area is 155 Å². The van der Waals surface area contributed by atoms with Crippen LogP contribution in [0.2, 0.25) is 0 Å². The Bertz CT molecular complexity index is 626. The van der Waals surface area contributed by atoms with Crippen molar-refractivity contribution >= 4 is 23.2 Å². The number of amides is 2. The van der Waals surface area contributed by atoms with E-state index in [2.05, 4.69) is 15.5 Å². The lowest BCUT2D eigenvalue weighted by molar-refractivity contribution is -0.118. The van der Waals surface area contributed by atoms with Gasteiger partial charge in [-0.1, -0.05) is 12.1 Å². The topological polar surface area (TPSA) is 64.7 Å². The molecule has 2 N–H and O–H groups in total. The maximum atomic E-state index is 12.5. The predicted octanol–water partition coefficient (Wildman–Crippen LogP) is 2.07. The summed E-state index contributed by atoms with van der Waals surface area (Å²) in [6.07, 6.45) is 5.00. The summed E-state index contributed by atoms with van der Waals surface area (Å²) >= 11 is 0. The van der Waals surface area contributed by atoms with Gasteiger partial charge in [-0.3, -0.25) is 14.5 Å². The summed E-state index contributed by atoms with van der Waals surface area (Å²) in [5, 5.41) is 6.23. The molecule has 0 bridgehead atoms. The van der Waals surface area contributed by atoms with Crippen LogP contribution in [0.1, 0.15) is 32.1 Å². The Morgan fingerprint density at radius 1 is 1.19 bits per heavy atom.